The van der Waals surface area contributed by atoms with Crippen LogP contribution in [0, 0.1) is 19.7 Å². The minimum absolute atomic E-state index is 0.212. The third-order valence-corrected chi connectivity index (χ3v) is 8.31. The number of hydrogen-bond acceptors (Lipinski definition) is 4. The minimum atomic E-state index is -1.02. The molecule has 5 rings (SSSR count). The average Bonchev–Trinajstić information content (AvgIpc) is 3.39. The summed E-state index contributed by atoms with van der Waals surface area (Å²) in [6.07, 6.45) is 3.16. The fraction of sp³-hybridized carbons (Fsp3) is 0.419. The van der Waals surface area contributed by atoms with E-state index in [-0.39, 0.29) is 5.69 Å². The van der Waals surface area contributed by atoms with Crippen molar-refractivity contribution in [1.82, 2.24) is 14.3 Å². The molecule has 1 aliphatic rings. The van der Waals surface area contributed by atoms with Crippen LogP contribution in [0.2, 0.25) is 5.02 Å². The first-order chi connectivity index (χ1) is 19.2. The van der Waals surface area contributed by atoms with Crippen LogP contribution in [0.25, 0.3) is 22.0 Å². The van der Waals surface area contributed by atoms with E-state index in [1.807, 2.05) is 40.0 Å². The lowest BCUT2D eigenvalue weighted by atomic mass is 9.96. The largest absolute Gasteiger partial charge is 0.494 e. The van der Waals surface area contributed by atoms with E-state index >= 15 is 4.39 Å². The minimum Gasteiger partial charge on any atom is -0.494 e. The van der Waals surface area contributed by atoms with E-state index in [0.717, 1.165) is 45.1 Å². The van der Waals surface area contributed by atoms with Gasteiger partial charge in [0.2, 0.25) is 0 Å². The predicted octanol–water partition coefficient (Wildman–Crippen LogP) is 7.03. The highest BCUT2D eigenvalue weighted by atomic mass is 35.5. The summed E-state index contributed by atoms with van der Waals surface area (Å²) < 4.78 is 31.4. The maximum absolute atomic E-state index is 15.8. The van der Waals surface area contributed by atoms with Crippen molar-refractivity contribution in [2.24, 2.45) is 7.05 Å². The number of benzene rings is 2. The molecule has 0 aliphatic carbocycles. The van der Waals surface area contributed by atoms with Crippen molar-refractivity contribution in [2.75, 3.05) is 13.2 Å². The Balaban J connectivity index is 1.60. The van der Waals surface area contributed by atoms with Crippen molar-refractivity contribution in [2.45, 2.75) is 66.0 Å². The van der Waals surface area contributed by atoms with Gasteiger partial charge in [0.15, 0.2) is 0 Å². The van der Waals surface area contributed by atoms with Gasteiger partial charge in [-0.1, -0.05) is 18.5 Å². The van der Waals surface area contributed by atoms with Gasteiger partial charge in [0, 0.05) is 41.7 Å². The fourth-order valence-corrected chi connectivity index (χ4v) is 5.95. The van der Waals surface area contributed by atoms with Crippen LogP contribution in [0.3, 0.4) is 0 Å². The van der Waals surface area contributed by atoms with E-state index in [1.165, 1.54) is 6.07 Å². The molecule has 0 fully saturated rings. The number of aromatic carboxylic acids is 1. The standard InChI is InChI=1S/C31H35ClFN3O4/c1-5-24-27-25(35(4)34-24)17-39-13-7-6-12-36-29-22(10-11-23(33)26(27)29)21(30(36)31(37)38)9-8-14-40-20-15-18(2)28(32)19(3)16-20/h10-11,15-16H,5-9,12-14,17H2,1-4H3,(H,37,38). The van der Waals surface area contributed by atoms with Gasteiger partial charge in [0.05, 0.1) is 30.1 Å². The van der Waals surface area contributed by atoms with Gasteiger partial charge in [-0.05, 0) is 86.9 Å². The van der Waals surface area contributed by atoms with Crippen molar-refractivity contribution in [3.05, 3.63) is 68.9 Å². The van der Waals surface area contributed by atoms with E-state index in [0.29, 0.717) is 74.3 Å². The van der Waals surface area contributed by atoms with Gasteiger partial charge in [-0.3, -0.25) is 4.68 Å². The number of aryl methyl sites for hydroxylation is 6. The van der Waals surface area contributed by atoms with Crippen LogP contribution in [-0.4, -0.2) is 38.6 Å². The lowest BCUT2D eigenvalue weighted by molar-refractivity contribution is 0.0683. The summed E-state index contributed by atoms with van der Waals surface area (Å²) in [4.78, 5) is 12.7. The molecule has 212 valence electrons. The molecule has 2 aromatic heterocycles. The van der Waals surface area contributed by atoms with Gasteiger partial charge in [-0.25, -0.2) is 9.18 Å². The first kappa shape index (κ1) is 28.2. The first-order valence-electron chi connectivity index (χ1n) is 13.8. The second kappa shape index (κ2) is 11.6. The Morgan fingerprint density at radius 3 is 2.65 bits per heavy atom. The summed E-state index contributed by atoms with van der Waals surface area (Å²) in [5.74, 6) is -0.678. The van der Waals surface area contributed by atoms with E-state index in [9.17, 15) is 9.90 Å². The molecule has 0 radical (unpaired) electrons. The topological polar surface area (TPSA) is 78.5 Å². The molecule has 3 heterocycles. The van der Waals surface area contributed by atoms with E-state index < -0.39 is 11.8 Å². The van der Waals surface area contributed by atoms with Gasteiger partial charge in [-0.2, -0.15) is 5.10 Å². The molecule has 4 aromatic rings. The van der Waals surface area contributed by atoms with Crippen LogP contribution in [0.4, 0.5) is 4.39 Å². The van der Waals surface area contributed by atoms with Gasteiger partial charge in [0.25, 0.3) is 0 Å². The quantitative estimate of drug-likeness (QED) is 0.242. The molecule has 7 nitrogen and oxygen atoms in total. The number of rotatable bonds is 7. The summed E-state index contributed by atoms with van der Waals surface area (Å²) >= 11 is 6.29. The number of aromatic nitrogens is 3. The highest BCUT2D eigenvalue weighted by molar-refractivity contribution is 6.32. The Kier molecular flexibility index (Phi) is 8.19. The molecular weight excluding hydrogens is 533 g/mol. The number of carboxylic acids is 1. The van der Waals surface area contributed by atoms with Crippen LogP contribution < -0.4 is 4.74 Å². The zero-order chi connectivity index (χ0) is 28.6. The lowest BCUT2D eigenvalue weighted by Gasteiger charge is -2.13. The van der Waals surface area contributed by atoms with E-state index in [1.54, 1.807) is 15.3 Å². The molecular formula is C31H35ClFN3O4. The van der Waals surface area contributed by atoms with Gasteiger partial charge in [-0.15, -0.1) is 0 Å². The summed E-state index contributed by atoms with van der Waals surface area (Å²) in [7, 11) is 1.84. The molecule has 0 bridgehead atoms. The molecule has 0 amide bonds. The van der Waals surface area contributed by atoms with Crippen molar-refractivity contribution in [3.63, 3.8) is 0 Å². The van der Waals surface area contributed by atoms with Gasteiger partial charge < -0.3 is 19.1 Å². The van der Waals surface area contributed by atoms with Crippen molar-refractivity contribution in [3.8, 4) is 16.9 Å². The number of halogens is 2. The number of carbonyl (C=O) groups is 1. The zero-order valence-corrected chi connectivity index (χ0v) is 24.2. The fourth-order valence-electron chi connectivity index (χ4n) is 5.84. The van der Waals surface area contributed by atoms with E-state index in [2.05, 4.69) is 5.10 Å². The maximum Gasteiger partial charge on any atom is 0.352 e. The second-order valence-corrected chi connectivity index (χ2v) is 10.8. The Labute approximate surface area is 238 Å². The molecule has 2 aromatic carbocycles. The predicted molar refractivity (Wildman–Crippen MR) is 154 cm³/mol. The number of fused-ring (bicyclic) bond motifs is 2. The summed E-state index contributed by atoms with van der Waals surface area (Å²) in [5.41, 5.74) is 6.08. The molecule has 0 spiro atoms. The highest BCUT2D eigenvalue weighted by Gasteiger charge is 2.29. The smallest absolute Gasteiger partial charge is 0.352 e. The first-order valence-corrected chi connectivity index (χ1v) is 14.2. The molecule has 1 aliphatic heterocycles. The number of hydrogen-bond donors (Lipinski definition) is 1. The van der Waals surface area contributed by atoms with Crippen molar-refractivity contribution < 1.29 is 23.8 Å². The van der Waals surface area contributed by atoms with Crippen LogP contribution >= 0.6 is 11.6 Å². The monoisotopic (exact) mass is 567 g/mol. The molecule has 0 saturated carbocycles. The Bertz CT molecular complexity index is 1570. The van der Waals surface area contributed by atoms with Gasteiger partial charge >= 0.3 is 5.97 Å². The van der Waals surface area contributed by atoms with Gasteiger partial charge in [0.1, 0.15) is 17.3 Å². The van der Waals surface area contributed by atoms with Crippen molar-refractivity contribution in [1.29, 1.82) is 0 Å². The Morgan fingerprint density at radius 2 is 1.95 bits per heavy atom. The molecule has 1 N–H and O–H groups in total. The number of nitrogens with zero attached hydrogens (tertiary/aromatic N) is 3. The van der Waals surface area contributed by atoms with Crippen LogP contribution in [0.5, 0.6) is 5.75 Å². The second-order valence-electron chi connectivity index (χ2n) is 10.4. The lowest BCUT2D eigenvalue weighted by Crippen LogP contribution is -2.12. The third kappa shape index (κ3) is 5.10. The molecule has 0 unspecified atom stereocenters. The number of carboxylic acid groups (broad SMARTS) is 1. The maximum atomic E-state index is 15.8. The van der Waals surface area contributed by atoms with Crippen LogP contribution in [-0.2, 0) is 37.8 Å². The summed E-state index contributed by atoms with van der Waals surface area (Å²) in [6, 6.07) is 6.98. The summed E-state index contributed by atoms with van der Waals surface area (Å²) in [5, 5.41) is 16.6. The summed E-state index contributed by atoms with van der Waals surface area (Å²) in [6.45, 7) is 7.58. The van der Waals surface area contributed by atoms with E-state index in [4.69, 9.17) is 21.1 Å². The van der Waals surface area contributed by atoms with Crippen molar-refractivity contribution >= 4 is 28.5 Å². The zero-order valence-electron chi connectivity index (χ0n) is 23.4. The van der Waals surface area contributed by atoms with Crippen LogP contribution in [0.15, 0.2) is 24.3 Å². The van der Waals surface area contributed by atoms with Crippen LogP contribution in [0.1, 0.15) is 64.8 Å². The average molecular weight is 568 g/mol. The Hall–Kier alpha value is -3.36. The molecule has 0 atom stereocenters. The Morgan fingerprint density at radius 1 is 1.20 bits per heavy atom. The molecule has 0 saturated heterocycles. The molecule has 9 heteroatoms. The highest BCUT2D eigenvalue weighted by Crippen LogP contribution is 2.41. The molecule has 40 heavy (non-hydrogen) atoms. The normalized spacial score (nSPS) is 13.8. The SMILES string of the molecule is CCc1nn(C)c2c1-c1c(F)ccc3c(CCCOc4cc(C)c(Cl)c(C)c4)c(C(=O)O)n(c13)CCCCOC2. The number of ether oxygens (including phenoxy) is 2. The third-order valence-electron chi connectivity index (χ3n) is 7.71.